The van der Waals surface area contributed by atoms with E-state index in [-0.39, 0.29) is 85.6 Å². The molecule has 4 saturated heterocycles. The molecule has 2 atom stereocenters. The van der Waals surface area contributed by atoms with Gasteiger partial charge in [-0.25, -0.2) is 23.1 Å². The van der Waals surface area contributed by atoms with Crippen LogP contribution in [0.15, 0.2) is 66.4 Å². The summed E-state index contributed by atoms with van der Waals surface area (Å²) in [4.78, 5) is 80.6. The smallest absolute Gasteiger partial charge is 0.255 e. The van der Waals surface area contributed by atoms with Crippen LogP contribution in [0.3, 0.4) is 0 Å². The van der Waals surface area contributed by atoms with E-state index in [1.165, 1.54) is 27.2 Å². The molecule has 1 unspecified atom stereocenters. The number of carbonyl (C=O) groups excluding carboxylic acids is 5. The van der Waals surface area contributed by atoms with Gasteiger partial charge in [-0.2, -0.15) is 0 Å². The van der Waals surface area contributed by atoms with Crippen LogP contribution in [0.25, 0.3) is 11.1 Å². The molecule has 5 amide bonds. The minimum Gasteiger partial charge on any atom is -0.389 e. The molecule has 68 heavy (non-hydrogen) atoms. The lowest BCUT2D eigenvalue weighted by Gasteiger charge is -2.61. The van der Waals surface area contributed by atoms with Crippen LogP contribution >= 0.6 is 11.3 Å². The lowest BCUT2D eigenvalue weighted by atomic mass is 9.72. The number of carbonyl (C=O) groups is 5. The Morgan fingerprint density at radius 1 is 0.897 bits per heavy atom. The molecule has 20 heteroatoms. The van der Waals surface area contributed by atoms with Gasteiger partial charge in [0.15, 0.2) is 22.8 Å². The predicted octanol–water partition coefficient (Wildman–Crippen LogP) is 4.99. The minimum absolute atomic E-state index is 0.0738. The topological polar surface area (TPSA) is 185 Å². The highest BCUT2D eigenvalue weighted by Crippen LogP contribution is 2.44. The van der Waals surface area contributed by atoms with Crippen molar-refractivity contribution in [1.29, 1.82) is 0 Å². The van der Waals surface area contributed by atoms with Crippen molar-refractivity contribution in [3.05, 3.63) is 106 Å². The SMILES string of the molecule is O=C1CC[C@H](Nc2cc(F)c(N3CCC(O)(CC(=O)N4CC5(C4)CN(c4ccc(-c6cc(F)c7c(c6)C(=O)N(C(C(=O)Nc6nccs6)c6ncn8c6CCC8)C7)cc4)C5)CC3)c(F)c2)C(=O)N1. The van der Waals surface area contributed by atoms with E-state index in [1.807, 2.05) is 28.8 Å². The average Bonchev–Trinajstić information content (AvgIpc) is 4.10. The highest BCUT2D eigenvalue weighted by molar-refractivity contribution is 7.13. The maximum Gasteiger partial charge on any atom is 0.255 e. The first kappa shape index (κ1) is 43.8. The molecule has 4 N–H and O–H groups in total. The van der Waals surface area contributed by atoms with Gasteiger partial charge in [-0.3, -0.25) is 34.6 Å². The molecule has 2 aromatic heterocycles. The van der Waals surface area contributed by atoms with Crippen molar-refractivity contribution >= 4 is 63.1 Å². The number of amides is 5. The molecule has 352 valence electrons. The fourth-order valence-electron chi connectivity index (χ4n) is 10.8. The van der Waals surface area contributed by atoms with Crippen LogP contribution in [0.4, 0.5) is 35.4 Å². The summed E-state index contributed by atoms with van der Waals surface area (Å²) in [5, 5.41) is 21.4. The zero-order valence-corrected chi connectivity index (χ0v) is 37.6. The van der Waals surface area contributed by atoms with Crippen molar-refractivity contribution < 1.29 is 42.3 Å². The fourth-order valence-corrected chi connectivity index (χ4v) is 11.3. The lowest BCUT2D eigenvalue weighted by Crippen LogP contribution is -2.73. The van der Waals surface area contributed by atoms with Gasteiger partial charge in [0.25, 0.3) is 11.8 Å². The summed E-state index contributed by atoms with van der Waals surface area (Å²) in [7, 11) is 0. The normalized spacial score (nSPS) is 20.7. The van der Waals surface area contributed by atoms with Crippen molar-refractivity contribution in [2.45, 2.75) is 75.7 Å². The number of aryl methyl sites for hydroxylation is 1. The maximum atomic E-state index is 15.9. The number of imide groups is 1. The van der Waals surface area contributed by atoms with E-state index in [9.17, 15) is 29.1 Å². The van der Waals surface area contributed by atoms with E-state index >= 15 is 13.2 Å². The number of likely N-dealkylation sites (tertiary alicyclic amines) is 1. The van der Waals surface area contributed by atoms with Crippen molar-refractivity contribution in [3.63, 3.8) is 0 Å². The Bertz CT molecular complexity index is 2850. The van der Waals surface area contributed by atoms with E-state index < -0.39 is 58.8 Å². The first-order valence-electron chi connectivity index (χ1n) is 22.8. The summed E-state index contributed by atoms with van der Waals surface area (Å²) >= 11 is 1.26. The second-order valence-corrected chi connectivity index (χ2v) is 19.9. The minimum atomic E-state index is -1.32. The van der Waals surface area contributed by atoms with Crippen LogP contribution in [-0.2, 0) is 38.7 Å². The Balaban J connectivity index is 0.679. The Labute approximate surface area is 392 Å². The summed E-state index contributed by atoms with van der Waals surface area (Å²) in [6.45, 7) is 3.51. The molecular formula is C48H47F3N10O6S. The summed E-state index contributed by atoms with van der Waals surface area (Å²) in [6, 6.07) is 11.1. The van der Waals surface area contributed by atoms with E-state index in [0.717, 1.165) is 61.6 Å². The number of halogens is 3. The number of nitrogens with one attached hydrogen (secondary N) is 3. The molecular weight excluding hydrogens is 902 g/mol. The molecule has 3 aromatic carbocycles. The fraction of sp³-hybridized carbons (Fsp3) is 0.396. The standard InChI is InChI=1S/C48H47F3N10O6S/c49-33-17-28(16-31-32(33)21-61(45(31)66)42(44(65)56-46-52-11-15-68-46)40-37-2-1-12-58(37)26-53-40)27-3-5-30(6-4-27)59-22-47(23-59)24-60(25-47)39(63)20-48(67)9-13-57(14-10-48)41-34(50)18-29(19-35(41)51)54-36-7-8-38(62)55-43(36)64/h3-6,11,15-19,26,36,42,54,67H,1-2,7-10,12-14,20-25H2,(H,52,56,65)(H,55,62,64)/t36-,42?/m0/s1. The number of aliphatic hydroxyl groups is 1. The highest BCUT2D eigenvalue weighted by Gasteiger charge is 2.54. The van der Waals surface area contributed by atoms with Crippen molar-refractivity contribution in [1.82, 2.24) is 29.7 Å². The lowest BCUT2D eigenvalue weighted by molar-refractivity contribution is -0.151. The second kappa shape index (κ2) is 16.8. The van der Waals surface area contributed by atoms with Gasteiger partial charge in [-0.1, -0.05) is 12.1 Å². The van der Waals surface area contributed by atoms with E-state index in [2.05, 4.69) is 30.8 Å². The zero-order valence-electron chi connectivity index (χ0n) is 36.8. The third-order valence-corrected chi connectivity index (χ3v) is 15.1. The average molecular weight is 949 g/mol. The Morgan fingerprint density at radius 3 is 2.35 bits per heavy atom. The van der Waals surface area contributed by atoms with Gasteiger partial charge in [-0.05, 0) is 79.6 Å². The summed E-state index contributed by atoms with van der Waals surface area (Å²) in [5.74, 6) is -4.22. The first-order valence-corrected chi connectivity index (χ1v) is 23.7. The second-order valence-electron chi connectivity index (χ2n) is 19.0. The number of hydrogen-bond acceptors (Lipinski definition) is 12. The van der Waals surface area contributed by atoms with Crippen LogP contribution in [-0.4, -0.2) is 110 Å². The number of hydrogen-bond donors (Lipinski definition) is 4. The molecule has 6 aliphatic heterocycles. The molecule has 5 aromatic rings. The van der Waals surface area contributed by atoms with Crippen LogP contribution in [0.2, 0.25) is 0 Å². The molecule has 0 radical (unpaired) electrons. The third-order valence-electron chi connectivity index (χ3n) is 14.4. The van der Waals surface area contributed by atoms with Gasteiger partial charge in [0.05, 0.1) is 30.6 Å². The molecule has 0 aliphatic carbocycles. The van der Waals surface area contributed by atoms with Crippen molar-refractivity contribution in [3.8, 4) is 11.1 Å². The van der Waals surface area contributed by atoms with Gasteiger partial charge in [0.2, 0.25) is 17.7 Å². The van der Waals surface area contributed by atoms with Gasteiger partial charge in [0.1, 0.15) is 17.5 Å². The molecule has 11 rings (SSSR count). The largest absolute Gasteiger partial charge is 0.389 e. The number of piperidine rings is 2. The van der Waals surface area contributed by atoms with Gasteiger partial charge in [0, 0.05) is 97.4 Å². The van der Waals surface area contributed by atoms with E-state index in [0.29, 0.717) is 29.5 Å². The van der Waals surface area contributed by atoms with Gasteiger partial charge in [-0.15, -0.1) is 11.3 Å². The molecule has 16 nitrogen and oxygen atoms in total. The quantitative estimate of drug-likeness (QED) is 0.131. The summed E-state index contributed by atoms with van der Waals surface area (Å²) < 4.78 is 48.5. The van der Waals surface area contributed by atoms with Crippen LogP contribution in [0.1, 0.15) is 71.9 Å². The van der Waals surface area contributed by atoms with Gasteiger partial charge >= 0.3 is 0 Å². The third kappa shape index (κ3) is 7.91. The van der Waals surface area contributed by atoms with Crippen LogP contribution in [0.5, 0.6) is 0 Å². The molecule has 8 heterocycles. The van der Waals surface area contributed by atoms with Crippen molar-refractivity contribution in [2.24, 2.45) is 5.41 Å². The molecule has 1 spiro atoms. The van der Waals surface area contributed by atoms with Crippen LogP contribution in [0, 0.1) is 22.9 Å². The van der Waals surface area contributed by atoms with Crippen molar-refractivity contribution in [2.75, 3.05) is 59.7 Å². The molecule has 4 fully saturated rings. The number of benzene rings is 3. The Kier molecular flexibility index (Phi) is 10.8. The number of aromatic nitrogens is 3. The highest BCUT2D eigenvalue weighted by atomic mass is 32.1. The monoisotopic (exact) mass is 948 g/mol. The summed E-state index contributed by atoms with van der Waals surface area (Å²) in [6.07, 6.45) is 5.40. The number of anilines is 4. The first-order chi connectivity index (χ1) is 32.7. The number of imidazole rings is 1. The predicted molar refractivity (Wildman–Crippen MR) is 244 cm³/mol. The Hall–Kier alpha value is -6.80. The Morgan fingerprint density at radius 2 is 1.65 bits per heavy atom. The summed E-state index contributed by atoms with van der Waals surface area (Å²) in [5.41, 5.74) is 2.46. The maximum absolute atomic E-state index is 15.9. The number of fused-ring (bicyclic) bond motifs is 2. The number of thiazole rings is 1. The van der Waals surface area contributed by atoms with E-state index in [1.54, 1.807) is 28.9 Å². The van der Waals surface area contributed by atoms with E-state index in [4.69, 9.17) is 0 Å². The van der Waals surface area contributed by atoms with Crippen LogP contribution < -0.4 is 25.8 Å². The molecule has 0 bridgehead atoms. The molecule has 6 aliphatic rings. The molecule has 0 saturated carbocycles. The van der Waals surface area contributed by atoms with Gasteiger partial charge < -0.3 is 34.6 Å². The number of nitrogens with zero attached hydrogens (tertiary/aromatic N) is 7. The zero-order chi connectivity index (χ0) is 47.1. The number of rotatable bonds is 11.